The van der Waals surface area contributed by atoms with Gasteiger partial charge in [0.25, 0.3) is 5.91 Å². The van der Waals surface area contributed by atoms with Gasteiger partial charge in [0.2, 0.25) is 0 Å². The number of carbonyl (C=O) groups is 1. The quantitative estimate of drug-likeness (QED) is 0.847. The van der Waals surface area contributed by atoms with Gasteiger partial charge in [-0.2, -0.15) is 0 Å². The largest absolute Gasteiger partial charge is 0.448 e. The summed E-state index contributed by atoms with van der Waals surface area (Å²) >= 11 is 0. The van der Waals surface area contributed by atoms with Crippen LogP contribution in [0.25, 0.3) is 0 Å². The van der Waals surface area contributed by atoms with Crippen molar-refractivity contribution >= 4 is 5.91 Å². The summed E-state index contributed by atoms with van der Waals surface area (Å²) in [4.78, 5) is 21.5. The van der Waals surface area contributed by atoms with Crippen LogP contribution in [-0.2, 0) is 6.42 Å². The number of benzene rings is 1. The average Bonchev–Trinajstić information content (AvgIpc) is 3.03. The SMILES string of the molecule is Cc1ocnc1C(=O)N(CCc1ccccc1)C1CCN(C)CC1. The maximum absolute atomic E-state index is 13.0. The van der Waals surface area contributed by atoms with Crippen LogP contribution in [-0.4, -0.2) is 53.4 Å². The highest BCUT2D eigenvalue weighted by Gasteiger charge is 2.29. The fourth-order valence-corrected chi connectivity index (χ4v) is 3.30. The van der Waals surface area contributed by atoms with Crippen molar-refractivity contribution in [3.63, 3.8) is 0 Å². The van der Waals surface area contributed by atoms with Crippen LogP contribution in [0.1, 0.15) is 34.7 Å². The van der Waals surface area contributed by atoms with E-state index < -0.39 is 0 Å². The lowest BCUT2D eigenvalue weighted by Crippen LogP contribution is -2.47. The molecule has 5 heteroatoms. The summed E-state index contributed by atoms with van der Waals surface area (Å²) in [6.45, 7) is 4.56. The Kier molecular flexibility index (Phi) is 5.30. The van der Waals surface area contributed by atoms with Crippen molar-refractivity contribution in [1.82, 2.24) is 14.8 Å². The zero-order chi connectivity index (χ0) is 16.9. The normalized spacial score (nSPS) is 16.2. The molecule has 0 aliphatic carbocycles. The van der Waals surface area contributed by atoms with Gasteiger partial charge >= 0.3 is 0 Å². The number of carbonyl (C=O) groups excluding carboxylic acids is 1. The minimum absolute atomic E-state index is 0.00765. The topological polar surface area (TPSA) is 49.6 Å². The zero-order valence-electron chi connectivity index (χ0n) is 14.4. The molecular weight excluding hydrogens is 302 g/mol. The first-order valence-electron chi connectivity index (χ1n) is 8.58. The highest BCUT2D eigenvalue weighted by molar-refractivity contribution is 5.93. The molecule has 0 bridgehead atoms. The highest BCUT2D eigenvalue weighted by Crippen LogP contribution is 2.20. The number of hydrogen-bond donors (Lipinski definition) is 0. The van der Waals surface area contributed by atoms with Gasteiger partial charge in [-0.15, -0.1) is 0 Å². The van der Waals surface area contributed by atoms with Crippen molar-refractivity contribution in [3.05, 3.63) is 53.7 Å². The van der Waals surface area contributed by atoms with Gasteiger partial charge in [-0.25, -0.2) is 4.98 Å². The Labute approximate surface area is 143 Å². The molecule has 0 atom stereocenters. The van der Waals surface area contributed by atoms with E-state index in [4.69, 9.17) is 4.42 Å². The minimum atomic E-state index is -0.00765. The van der Waals surface area contributed by atoms with Crippen molar-refractivity contribution in [2.75, 3.05) is 26.7 Å². The Balaban J connectivity index is 1.75. The molecule has 1 amide bonds. The maximum atomic E-state index is 13.0. The number of aryl methyl sites for hydroxylation is 1. The first-order chi connectivity index (χ1) is 11.6. The lowest BCUT2D eigenvalue weighted by molar-refractivity contribution is 0.0587. The number of likely N-dealkylation sites (tertiary alicyclic amines) is 1. The zero-order valence-corrected chi connectivity index (χ0v) is 14.4. The van der Waals surface area contributed by atoms with Gasteiger partial charge in [-0.05, 0) is 51.9 Å². The van der Waals surface area contributed by atoms with E-state index in [0.29, 0.717) is 18.0 Å². The van der Waals surface area contributed by atoms with E-state index in [9.17, 15) is 4.79 Å². The second-order valence-corrected chi connectivity index (χ2v) is 6.53. The second-order valence-electron chi connectivity index (χ2n) is 6.53. The fourth-order valence-electron chi connectivity index (χ4n) is 3.30. The van der Waals surface area contributed by atoms with E-state index >= 15 is 0 Å². The van der Waals surface area contributed by atoms with Crippen molar-refractivity contribution in [2.24, 2.45) is 0 Å². The first kappa shape index (κ1) is 16.7. The summed E-state index contributed by atoms with van der Waals surface area (Å²) < 4.78 is 5.24. The van der Waals surface area contributed by atoms with Crippen LogP contribution in [0.15, 0.2) is 41.1 Å². The standard InChI is InChI=1S/C19H25N3O2/c1-15-18(20-14-24-15)19(23)22(17-9-11-21(2)12-10-17)13-8-16-6-4-3-5-7-16/h3-7,14,17H,8-13H2,1-2H3. The maximum Gasteiger partial charge on any atom is 0.276 e. The molecule has 1 saturated heterocycles. The number of nitrogens with zero attached hydrogens (tertiary/aromatic N) is 3. The van der Waals surface area contributed by atoms with Gasteiger partial charge in [-0.3, -0.25) is 4.79 Å². The summed E-state index contributed by atoms with van der Waals surface area (Å²) in [6.07, 6.45) is 4.23. The van der Waals surface area contributed by atoms with Crippen molar-refractivity contribution in [2.45, 2.75) is 32.2 Å². The van der Waals surface area contributed by atoms with Crippen LogP contribution in [0.3, 0.4) is 0 Å². The Morgan fingerprint density at radius 1 is 1.29 bits per heavy atom. The van der Waals surface area contributed by atoms with Gasteiger partial charge in [0.1, 0.15) is 5.76 Å². The number of rotatable bonds is 5. The fraction of sp³-hybridized carbons (Fsp3) is 0.474. The Morgan fingerprint density at radius 2 is 2.00 bits per heavy atom. The lowest BCUT2D eigenvalue weighted by atomic mass is 10.0. The summed E-state index contributed by atoms with van der Waals surface area (Å²) in [5.41, 5.74) is 1.70. The van der Waals surface area contributed by atoms with Gasteiger partial charge in [0, 0.05) is 12.6 Å². The van der Waals surface area contributed by atoms with E-state index in [1.807, 2.05) is 23.1 Å². The van der Waals surface area contributed by atoms with Crippen LogP contribution in [0.4, 0.5) is 0 Å². The van der Waals surface area contributed by atoms with Crippen molar-refractivity contribution in [1.29, 1.82) is 0 Å². The molecule has 0 spiro atoms. The second kappa shape index (κ2) is 7.62. The number of oxazole rings is 1. The third-order valence-electron chi connectivity index (χ3n) is 4.82. The van der Waals surface area contributed by atoms with Crippen LogP contribution in [0, 0.1) is 6.92 Å². The molecule has 2 aromatic rings. The van der Waals surface area contributed by atoms with E-state index in [2.05, 4.69) is 29.1 Å². The van der Waals surface area contributed by atoms with E-state index in [1.165, 1.54) is 12.0 Å². The van der Waals surface area contributed by atoms with Crippen LogP contribution in [0.5, 0.6) is 0 Å². The molecule has 24 heavy (non-hydrogen) atoms. The molecule has 1 aliphatic rings. The highest BCUT2D eigenvalue weighted by atomic mass is 16.3. The van der Waals surface area contributed by atoms with Crippen molar-refractivity contribution in [3.8, 4) is 0 Å². The summed E-state index contributed by atoms with van der Waals surface area (Å²) in [7, 11) is 2.13. The number of aromatic nitrogens is 1. The van der Waals surface area contributed by atoms with Crippen LogP contribution in [0.2, 0.25) is 0 Å². The third kappa shape index (κ3) is 3.85. The molecular formula is C19H25N3O2. The van der Waals surface area contributed by atoms with Crippen LogP contribution < -0.4 is 0 Å². The minimum Gasteiger partial charge on any atom is -0.448 e. The van der Waals surface area contributed by atoms with E-state index in [-0.39, 0.29) is 11.9 Å². The molecule has 3 rings (SSSR count). The van der Waals surface area contributed by atoms with Gasteiger partial charge < -0.3 is 14.2 Å². The van der Waals surface area contributed by atoms with Gasteiger partial charge in [-0.1, -0.05) is 30.3 Å². The smallest absolute Gasteiger partial charge is 0.276 e. The van der Waals surface area contributed by atoms with Gasteiger partial charge in [0.15, 0.2) is 12.1 Å². The molecule has 128 valence electrons. The monoisotopic (exact) mass is 327 g/mol. The Bertz CT molecular complexity index is 660. The first-order valence-corrected chi connectivity index (χ1v) is 8.58. The lowest BCUT2D eigenvalue weighted by Gasteiger charge is -2.37. The Hall–Kier alpha value is -2.14. The third-order valence-corrected chi connectivity index (χ3v) is 4.82. The summed E-state index contributed by atoms with van der Waals surface area (Å²) in [5, 5.41) is 0. The molecule has 1 aromatic carbocycles. The predicted octanol–water partition coefficient (Wildman–Crippen LogP) is 2.76. The number of hydrogen-bond acceptors (Lipinski definition) is 4. The Morgan fingerprint density at radius 3 is 2.62 bits per heavy atom. The molecule has 1 aliphatic heterocycles. The molecule has 0 saturated carbocycles. The summed E-state index contributed by atoms with van der Waals surface area (Å²) in [5.74, 6) is 0.587. The molecule has 5 nitrogen and oxygen atoms in total. The van der Waals surface area contributed by atoms with Crippen molar-refractivity contribution < 1.29 is 9.21 Å². The molecule has 0 unspecified atom stereocenters. The molecule has 1 aromatic heterocycles. The molecule has 1 fully saturated rings. The van der Waals surface area contributed by atoms with Gasteiger partial charge in [0.05, 0.1) is 0 Å². The summed E-state index contributed by atoms with van der Waals surface area (Å²) in [6, 6.07) is 10.6. The number of piperidine rings is 1. The molecule has 0 N–H and O–H groups in total. The van der Waals surface area contributed by atoms with Crippen LogP contribution >= 0.6 is 0 Å². The average molecular weight is 327 g/mol. The molecule has 2 heterocycles. The number of amides is 1. The van der Waals surface area contributed by atoms with E-state index in [1.54, 1.807) is 6.92 Å². The molecule has 0 radical (unpaired) electrons. The van der Waals surface area contributed by atoms with E-state index in [0.717, 1.165) is 32.4 Å². The predicted molar refractivity (Wildman–Crippen MR) is 92.9 cm³/mol.